The lowest BCUT2D eigenvalue weighted by molar-refractivity contribution is -0.120. The van der Waals surface area contributed by atoms with Crippen LogP contribution in [0.15, 0.2) is 53.8 Å². The molecule has 0 atom stereocenters. The largest absolute Gasteiger partial charge is 0.497 e. The van der Waals surface area contributed by atoms with Gasteiger partial charge in [-0.3, -0.25) is 9.59 Å². The average Bonchev–Trinajstić information content (AvgIpc) is 2.61. The summed E-state index contributed by atoms with van der Waals surface area (Å²) < 4.78 is 5.07. The monoisotopic (exact) mass is 340 g/mol. The number of hydrogen-bond donors (Lipinski definition) is 2. The Kier molecular flexibility index (Phi) is 6.65. The zero-order chi connectivity index (χ0) is 18.1. The Morgan fingerprint density at radius 2 is 1.88 bits per heavy atom. The van der Waals surface area contributed by atoms with E-state index in [0.717, 1.165) is 11.3 Å². The van der Waals surface area contributed by atoms with E-state index in [1.54, 1.807) is 50.6 Å². The highest BCUT2D eigenvalue weighted by Crippen LogP contribution is 2.11. The van der Waals surface area contributed by atoms with Gasteiger partial charge in [0.25, 0.3) is 0 Å². The van der Waals surface area contributed by atoms with Crippen LogP contribution in [-0.2, 0) is 16.0 Å². The summed E-state index contributed by atoms with van der Waals surface area (Å²) in [4.78, 5) is 27.8. The minimum Gasteiger partial charge on any atom is -0.497 e. The van der Waals surface area contributed by atoms with Gasteiger partial charge in [0.15, 0.2) is 0 Å². The Bertz CT molecular complexity index is 743. The molecular formula is C18H20N4O3. The molecule has 0 saturated carbocycles. The molecule has 0 bridgehead atoms. The highest BCUT2D eigenvalue weighted by atomic mass is 16.5. The van der Waals surface area contributed by atoms with Crippen molar-refractivity contribution in [2.45, 2.75) is 19.8 Å². The van der Waals surface area contributed by atoms with E-state index in [2.05, 4.69) is 20.8 Å². The minimum atomic E-state index is -0.255. The normalized spacial score (nSPS) is 10.9. The molecule has 7 nitrogen and oxygen atoms in total. The van der Waals surface area contributed by atoms with Gasteiger partial charge in [0.05, 0.1) is 20.0 Å². The van der Waals surface area contributed by atoms with Gasteiger partial charge in [-0.25, -0.2) is 10.4 Å². The number of hydrazone groups is 1. The number of rotatable bonds is 7. The molecule has 130 valence electrons. The SMILES string of the molecule is COc1ccc(CC(=O)N/N=C(/C)CC(=O)Nc2ccccn2)cc1. The molecule has 0 fully saturated rings. The molecule has 1 aromatic heterocycles. The van der Waals surface area contributed by atoms with Crippen LogP contribution >= 0.6 is 0 Å². The molecule has 0 radical (unpaired) electrons. The fourth-order valence-electron chi connectivity index (χ4n) is 2.02. The van der Waals surface area contributed by atoms with Crippen molar-refractivity contribution in [3.63, 3.8) is 0 Å². The summed E-state index contributed by atoms with van der Waals surface area (Å²) in [5.74, 6) is 0.708. The summed E-state index contributed by atoms with van der Waals surface area (Å²) in [6.07, 6.45) is 1.86. The summed E-state index contributed by atoms with van der Waals surface area (Å²) in [7, 11) is 1.59. The van der Waals surface area contributed by atoms with Crippen molar-refractivity contribution in [2.75, 3.05) is 12.4 Å². The van der Waals surface area contributed by atoms with Crippen LogP contribution in [0.1, 0.15) is 18.9 Å². The van der Waals surface area contributed by atoms with Crippen LogP contribution in [0, 0.1) is 0 Å². The quantitative estimate of drug-likeness (QED) is 0.597. The maximum Gasteiger partial charge on any atom is 0.244 e. The van der Waals surface area contributed by atoms with E-state index in [1.807, 2.05) is 12.1 Å². The number of anilines is 1. The van der Waals surface area contributed by atoms with Gasteiger partial charge >= 0.3 is 0 Å². The summed E-state index contributed by atoms with van der Waals surface area (Å²) in [5.41, 5.74) is 3.79. The standard InChI is InChI=1S/C18H20N4O3/c1-13(11-17(23)20-16-5-3-4-10-19-16)21-22-18(24)12-14-6-8-15(25-2)9-7-14/h3-10H,11-12H2,1-2H3,(H,22,24)(H,19,20,23)/b21-13-. The third kappa shape index (κ3) is 6.42. The Balaban J connectivity index is 1.79. The lowest BCUT2D eigenvalue weighted by Gasteiger charge is -2.05. The maximum absolute atomic E-state index is 11.9. The van der Waals surface area contributed by atoms with Crippen molar-refractivity contribution in [1.82, 2.24) is 10.4 Å². The number of nitrogens with one attached hydrogen (secondary N) is 2. The van der Waals surface area contributed by atoms with E-state index in [9.17, 15) is 9.59 Å². The smallest absolute Gasteiger partial charge is 0.244 e. The summed E-state index contributed by atoms with van der Waals surface area (Å²) in [6, 6.07) is 12.5. The lowest BCUT2D eigenvalue weighted by atomic mass is 10.1. The zero-order valence-electron chi connectivity index (χ0n) is 14.2. The highest BCUT2D eigenvalue weighted by Gasteiger charge is 2.07. The number of pyridine rings is 1. The van der Waals surface area contributed by atoms with Crippen LogP contribution in [0.3, 0.4) is 0 Å². The number of methoxy groups -OCH3 is 1. The highest BCUT2D eigenvalue weighted by molar-refractivity contribution is 6.05. The number of amides is 2. The Morgan fingerprint density at radius 1 is 1.12 bits per heavy atom. The van der Waals surface area contributed by atoms with Crippen molar-refractivity contribution >= 4 is 23.3 Å². The van der Waals surface area contributed by atoms with Crippen LogP contribution in [0.5, 0.6) is 5.75 Å². The molecule has 0 spiro atoms. The molecule has 2 rings (SSSR count). The molecule has 0 unspecified atom stereocenters. The summed E-state index contributed by atoms with van der Waals surface area (Å²) in [6.45, 7) is 1.67. The van der Waals surface area contributed by atoms with Gasteiger partial charge in [-0.15, -0.1) is 0 Å². The summed E-state index contributed by atoms with van der Waals surface area (Å²) in [5, 5.41) is 6.60. The van der Waals surface area contributed by atoms with Gasteiger partial charge in [0.2, 0.25) is 11.8 Å². The topological polar surface area (TPSA) is 92.7 Å². The van der Waals surface area contributed by atoms with E-state index >= 15 is 0 Å². The molecule has 1 aromatic carbocycles. The van der Waals surface area contributed by atoms with E-state index < -0.39 is 0 Å². The van der Waals surface area contributed by atoms with Crippen molar-refractivity contribution in [1.29, 1.82) is 0 Å². The third-order valence-electron chi connectivity index (χ3n) is 3.24. The van der Waals surface area contributed by atoms with Crippen molar-refractivity contribution < 1.29 is 14.3 Å². The van der Waals surface area contributed by atoms with Gasteiger partial charge < -0.3 is 10.1 Å². The second-order valence-electron chi connectivity index (χ2n) is 5.35. The first-order valence-electron chi connectivity index (χ1n) is 7.72. The second-order valence-corrected chi connectivity index (χ2v) is 5.35. The third-order valence-corrected chi connectivity index (χ3v) is 3.24. The number of nitrogens with zero attached hydrogens (tertiary/aromatic N) is 2. The molecule has 0 aliphatic heterocycles. The number of hydrogen-bond acceptors (Lipinski definition) is 5. The maximum atomic E-state index is 11.9. The lowest BCUT2D eigenvalue weighted by Crippen LogP contribution is -2.23. The summed E-state index contributed by atoms with van der Waals surface area (Å²) >= 11 is 0. The van der Waals surface area contributed by atoms with Crippen molar-refractivity contribution in [3.05, 3.63) is 54.2 Å². The van der Waals surface area contributed by atoms with E-state index in [0.29, 0.717) is 11.5 Å². The Labute approximate surface area is 146 Å². The fraction of sp³-hybridized carbons (Fsp3) is 0.222. The minimum absolute atomic E-state index is 0.0688. The predicted octanol–water partition coefficient (Wildman–Crippen LogP) is 2.15. The predicted molar refractivity (Wildman–Crippen MR) is 95.4 cm³/mol. The molecule has 1 heterocycles. The Hall–Kier alpha value is -3.22. The first kappa shape index (κ1) is 18.1. The van der Waals surface area contributed by atoms with Gasteiger partial charge in [-0.05, 0) is 36.8 Å². The molecule has 25 heavy (non-hydrogen) atoms. The van der Waals surface area contributed by atoms with Crippen LogP contribution in [0.2, 0.25) is 0 Å². The zero-order valence-corrected chi connectivity index (χ0v) is 14.2. The molecule has 2 amide bonds. The number of aromatic nitrogens is 1. The molecule has 2 N–H and O–H groups in total. The molecule has 0 saturated heterocycles. The molecule has 2 aromatic rings. The molecule has 0 aliphatic carbocycles. The van der Waals surface area contributed by atoms with E-state index in [4.69, 9.17) is 4.74 Å². The number of carbonyl (C=O) groups excluding carboxylic acids is 2. The second kappa shape index (κ2) is 9.17. The number of benzene rings is 1. The van der Waals surface area contributed by atoms with Crippen LogP contribution in [0.25, 0.3) is 0 Å². The first-order chi connectivity index (χ1) is 12.1. The van der Waals surface area contributed by atoms with Gasteiger partial charge in [0, 0.05) is 11.9 Å². The van der Waals surface area contributed by atoms with Crippen LogP contribution in [-0.4, -0.2) is 29.6 Å². The van der Waals surface area contributed by atoms with Crippen molar-refractivity contribution in [3.8, 4) is 5.75 Å². The van der Waals surface area contributed by atoms with Gasteiger partial charge in [-0.2, -0.15) is 5.10 Å². The van der Waals surface area contributed by atoms with Crippen molar-refractivity contribution in [2.24, 2.45) is 5.10 Å². The van der Waals surface area contributed by atoms with Crippen LogP contribution < -0.4 is 15.5 Å². The number of ether oxygens (including phenoxy) is 1. The number of carbonyl (C=O) groups is 2. The fourth-order valence-corrected chi connectivity index (χ4v) is 2.02. The van der Waals surface area contributed by atoms with E-state index in [-0.39, 0.29) is 24.7 Å². The van der Waals surface area contributed by atoms with E-state index in [1.165, 1.54) is 0 Å². The molecule has 7 heteroatoms. The van der Waals surface area contributed by atoms with Gasteiger partial charge in [0.1, 0.15) is 11.6 Å². The van der Waals surface area contributed by atoms with Gasteiger partial charge in [-0.1, -0.05) is 18.2 Å². The first-order valence-corrected chi connectivity index (χ1v) is 7.72. The molecule has 0 aliphatic rings. The average molecular weight is 340 g/mol. The van der Waals surface area contributed by atoms with Crippen LogP contribution in [0.4, 0.5) is 5.82 Å². The molecular weight excluding hydrogens is 320 g/mol. The Morgan fingerprint density at radius 3 is 2.52 bits per heavy atom.